The topological polar surface area (TPSA) is 57.3 Å². The molecule has 1 amide bonds. The van der Waals surface area contributed by atoms with Gasteiger partial charge in [-0.3, -0.25) is 9.78 Å². The maximum Gasteiger partial charge on any atom is 0.252 e. The summed E-state index contributed by atoms with van der Waals surface area (Å²) in [5, 5.41) is 6.94. The molecule has 122 valence electrons. The van der Waals surface area contributed by atoms with Crippen LogP contribution in [0.25, 0.3) is 0 Å². The van der Waals surface area contributed by atoms with Crippen LogP contribution in [0.3, 0.4) is 0 Å². The number of benzene rings is 1. The Kier molecular flexibility index (Phi) is 6.21. The average Bonchev–Trinajstić information content (AvgIpc) is 2.51. The summed E-state index contributed by atoms with van der Waals surface area (Å²) in [5.74, 6) is -0.173. The maximum atomic E-state index is 12.1. The molecule has 0 radical (unpaired) electrons. The number of likely N-dealkylation sites (N-methyl/N-ethyl adjacent to an activating group) is 1. The number of halogens is 2. The molecule has 0 aliphatic rings. The van der Waals surface area contributed by atoms with Crippen LogP contribution in [-0.4, -0.2) is 43.0 Å². The highest BCUT2D eigenvalue weighted by atomic mass is 35.5. The predicted octanol–water partition coefficient (Wildman–Crippen LogP) is 3.42. The Bertz CT molecular complexity index is 671. The number of hydrogen-bond donors (Lipinski definition) is 2. The van der Waals surface area contributed by atoms with Crippen LogP contribution >= 0.6 is 23.2 Å². The van der Waals surface area contributed by atoms with E-state index in [2.05, 4.69) is 15.6 Å². The van der Waals surface area contributed by atoms with Gasteiger partial charge < -0.3 is 15.5 Å². The Morgan fingerprint density at radius 3 is 2.57 bits per heavy atom. The van der Waals surface area contributed by atoms with Gasteiger partial charge >= 0.3 is 0 Å². The first-order valence-corrected chi connectivity index (χ1v) is 7.82. The van der Waals surface area contributed by atoms with Gasteiger partial charge in [-0.15, -0.1) is 0 Å². The van der Waals surface area contributed by atoms with E-state index in [1.54, 1.807) is 30.5 Å². The summed E-state index contributed by atoms with van der Waals surface area (Å²) in [7, 11) is 3.90. The van der Waals surface area contributed by atoms with Crippen molar-refractivity contribution in [3.63, 3.8) is 0 Å². The van der Waals surface area contributed by atoms with E-state index < -0.39 is 0 Å². The van der Waals surface area contributed by atoms with Crippen molar-refractivity contribution in [2.45, 2.75) is 0 Å². The van der Waals surface area contributed by atoms with Crippen molar-refractivity contribution in [2.75, 3.05) is 32.5 Å². The lowest BCUT2D eigenvalue weighted by molar-refractivity contribution is 0.0950. The molecule has 0 fully saturated rings. The Morgan fingerprint density at radius 2 is 1.91 bits per heavy atom. The van der Waals surface area contributed by atoms with E-state index in [1.807, 2.05) is 19.0 Å². The van der Waals surface area contributed by atoms with Gasteiger partial charge in [0.25, 0.3) is 5.91 Å². The number of rotatable bonds is 6. The molecule has 0 bridgehead atoms. The SMILES string of the molecule is CN(C)CCNC(=O)c1cncc(Nc2c(Cl)cccc2Cl)c1. The van der Waals surface area contributed by atoms with Crippen molar-refractivity contribution in [2.24, 2.45) is 0 Å². The van der Waals surface area contributed by atoms with Crippen molar-refractivity contribution < 1.29 is 4.79 Å². The van der Waals surface area contributed by atoms with E-state index in [0.29, 0.717) is 33.5 Å². The van der Waals surface area contributed by atoms with E-state index in [1.165, 1.54) is 6.20 Å². The highest BCUT2D eigenvalue weighted by Gasteiger charge is 2.09. The first-order valence-electron chi connectivity index (χ1n) is 7.06. The molecule has 0 atom stereocenters. The summed E-state index contributed by atoms with van der Waals surface area (Å²) in [6.07, 6.45) is 3.13. The lowest BCUT2D eigenvalue weighted by atomic mass is 10.2. The summed E-state index contributed by atoms with van der Waals surface area (Å²) < 4.78 is 0. The first kappa shape index (κ1) is 17.5. The van der Waals surface area contributed by atoms with E-state index in [4.69, 9.17) is 23.2 Å². The largest absolute Gasteiger partial charge is 0.352 e. The number of carbonyl (C=O) groups excluding carboxylic acids is 1. The van der Waals surface area contributed by atoms with E-state index in [9.17, 15) is 4.79 Å². The molecular weight excluding hydrogens is 335 g/mol. The third-order valence-corrected chi connectivity index (χ3v) is 3.71. The standard InChI is InChI=1S/C16H18Cl2N4O/c1-22(2)7-6-20-16(23)11-8-12(10-19-9-11)21-15-13(17)4-3-5-14(15)18/h3-5,8-10,21H,6-7H2,1-2H3,(H,20,23). The molecule has 0 saturated heterocycles. The molecule has 23 heavy (non-hydrogen) atoms. The molecular formula is C16H18Cl2N4O. The van der Waals surface area contributed by atoms with E-state index in [-0.39, 0.29) is 5.91 Å². The van der Waals surface area contributed by atoms with Crippen LogP contribution in [0.4, 0.5) is 11.4 Å². The second kappa shape index (κ2) is 8.15. The summed E-state index contributed by atoms with van der Waals surface area (Å²) in [6.45, 7) is 1.34. The third-order valence-electron chi connectivity index (χ3n) is 3.08. The van der Waals surface area contributed by atoms with Gasteiger partial charge in [0.15, 0.2) is 0 Å². The van der Waals surface area contributed by atoms with Gasteiger partial charge in [-0.25, -0.2) is 0 Å². The highest BCUT2D eigenvalue weighted by Crippen LogP contribution is 2.32. The Morgan fingerprint density at radius 1 is 1.22 bits per heavy atom. The van der Waals surface area contributed by atoms with Crippen molar-refractivity contribution >= 4 is 40.5 Å². The van der Waals surface area contributed by atoms with Crippen LogP contribution in [0, 0.1) is 0 Å². The van der Waals surface area contributed by atoms with Gasteiger partial charge in [0.05, 0.1) is 33.2 Å². The molecule has 1 aromatic heterocycles. The smallest absolute Gasteiger partial charge is 0.252 e. The highest BCUT2D eigenvalue weighted by molar-refractivity contribution is 6.39. The number of anilines is 2. The minimum absolute atomic E-state index is 0.173. The zero-order valence-corrected chi connectivity index (χ0v) is 14.4. The number of para-hydroxylation sites is 1. The van der Waals surface area contributed by atoms with Crippen molar-refractivity contribution in [1.82, 2.24) is 15.2 Å². The molecule has 2 aromatic rings. The Hall–Kier alpha value is -1.82. The lowest BCUT2D eigenvalue weighted by Gasteiger charge is -2.12. The molecule has 0 spiro atoms. The second-order valence-electron chi connectivity index (χ2n) is 5.24. The zero-order chi connectivity index (χ0) is 16.8. The number of nitrogens with zero attached hydrogens (tertiary/aromatic N) is 2. The van der Waals surface area contributed by atoms with Crippen LogP contribution in [0.5, 0.6) is 0 Å². The number of hydrogen-bond acceptors (Lipinski definition) is 4. The minimum atomic E-state index is -0.173. The maximum absolute atomic E-state index is 12.1. The summed E-state index contributed by atoms with van der Waals surface area (Å²) in [5.41, 5.74) is 1.69. The average molecular weight is 353 g/mol. The molecule has 0 saturated carbocycles. The van der Waals surface area contributed by atoms with Crippen LogP contribution in [0.2, 0.25) is 10.0 Å². The minimum Gasteiger partial charge on any atom is -0.352 e. The molecule has 7 heteroatoms. The third kappa shape index (κ3) is 5.10. The quantitative estimate of drug-likeness (QED) is 0.836. The summed E-state index contributed by atoms with van der Waals surface area (Å²) in [6, 6.07) is 6.95. The fourth-order valence-electron chi connectivity index (χ4n) is 1.89. The van der Waals surface area contributed by atoms with Crippen molar-refractivity contribution in [3.05, 3.63) is 52.3 Å². The Balaban J connectivity index is 2.09. The van der Waals surface area contributed by atoms with Crippen molar-refractivity contribution in [1.29, 1.82) is 0 Å². The van der Waals surface area contributed by atoms with E-state index in [0.717, 1.165) is 6.54 Å². The van der Waals surface area contributed by atoms with Crippen LogP contribution in [-0.2, 0) is 0 Å². The summed E-state index contributed by atoms with van der Waals surface area (Å²) in [4.78, 5) is 18.2. The van der Waals surface area contributed by atoms with Gasteiger partial charge in [0.1, 0.15) is 0 Å². The van der Waals surface area contributed by atoms with Gasteiger partial charge in [-0.1, -0.05) is 29.3 Å². The van der Waals surface area contributed by atoms with Crippen LogP contribution in [0.15, 0.2) is 36.7 Å². The number of aromatic nitrogens is 1. The lowest BCUT2D eigenvalue weighted by Crippen LogP contribution is -2.31. The fourth-order valence-corrected chi connectivity index (χ4v) is 2.38. The monoisotopic (exact) mass is 352 g/mol. The normalized spacial score (nSPS) is 10.7. The molecule has 0 aliphatic carbocycles. The molecule has 2 N–H and O–H groups in total. The van der Waals surface area contributed by atoms with Gasteiger partial charge in [-0.2, -0.15) is 0 Å². The van der Waals surface area contributed by atoms with E-state index >= 15 is 0 Å². The van der Waals surface area contributed by atoms with Gasteiger partial charge in [0, 0.05) is 19.3 Å². The first-order chi connectivity index (χ1) is 11.0. The number of pyridine rings is 1. The molecule has 5 nitrogen and oxygen atoms in total. The molecule has 0 aliphatic heterocycles. The number of amides is 1. The summed E-state index contributed by atoms with van der Waals surface area (Å²) >= 11 is 12.3. The number of carbonyl (C=O) groups is 1. The van der Waals surface area contributed by atoms with Gasteiger partial charge in [0.2, 0.25) is 0 Å². The fraction of sp³-hybridized carbons (Fsp3) is 0.250. The molecule has 1 aromatic carbocycles. The second-order valence-corrected chi connectivity index (χ2v) is 6.06. The van der Waals surface area contributed by atoms with Gasteiger partial charge in [-0.05, 0) is 32.3 Å². The van der Waals surface area contributed by atoms with Crippen LogP contribution < -0.4 is 10.6 Å². The van der Waals surface area contributed by atoms with Crippen LogP contribution in [0.1, 0.15) is 10.4 Å². The van der Waals surface area contributed by atoms with Crippen molar-refractivity contribution in [3.8, 4) is 0 Å². The molecule has 0 unspecified atom stereocenters. The Labute approximate surface area is 145 Å². The molecule has 1 heterocycles. The zero-order valence-electron chi connectivity index (χ0n) is 12.9. The predicted molar refractivity (Wildman–Crippen MR) is 94.9 cm³/mol. The molecule has 2 rings (SSSR count). The number of nitrogens with one attached hydrogen (secondary N) is 2.